The van der Waals surface area contributed by atoms with E-state index in [0.717, 1.165) is 17.7 Å². The van der Waals surface area contributed by atoms with Crippen molar-refractivity contribution >= 4 is 33.2 Å². The van der Waals surface area contributed by atoms with Crippen LogP contribution in [0.1, 0.15) is 27.9 Å². The smallest absolute Gasteiger partial charge is 0.351 e. The van der Waals surface area contributed by atoms with E-state index in [1.54, 1.807) is 0 Å². The van der Waals surface area contributed by atoms with Gasteiger partial charge < -0.3 is 9.84 Å². The largest absolute Gasteiger partial charge is 0.505 e. The van der Waals surface area contributed by atoms with Gasteiger partial charge in [-0.25, -0.2) is 4.79 Å². The van der Waals surface area contributed by atoms with Crippen LogP contribution in [0.15, 0.2) is 4.47 Å². The Morgan fingerprint density at radius 1 is 1.64 bits per heavy atom. The minimum Gasteiger partial charge on any atom is -0.505 e. The Kier molecular flexibility index (Phi) is 3.95. The molecular weight excluding hydrogens is 268 g/mol. The molecule has 3 nitrogen and oxygen atoms in total. The minimum atomic E-state index is -0.490. The van der Waals surface area contributed by atoms with Gasteiger partial charge in [-0.1, -0.05) is 13.3 Å². The summed E-state index contributed by atoms with van der Waals surface area (Å²) in [7, 11) is 1.30. The van der Waals surface area contributed by atoms with E-state index in [0.29, 0.717) is 4.47 Å². The van der Waals surface area contributed by atoms with Gasteiger partial charge in [0.1, 0.15) is 0 Å². The fraction of sp³-hybridized carbons (Fsp3) is 0.444. The third kappa shape index (κ3) is 2.09. The molecule has 0 bridgehead atoms. The van der Waals surface area contributed by atoms with Gasteiger partial charge >= 0.3 is 5.97 Å². The van der Waals surface area contributed by atoms with E-state index in [4.69, 9.17) is 0 Å². The van der Waals surface area contributed by atoms with Crippen LogP contribution in [0.4, 0.5) is 0 Å². The van der Waals surface area contributed by atoms with Gasteiger partial charge in [-0.05, 0) is 22.4 Å². The summed E-state index contributed by atoms with van der Waals surface area (Å²) in [5, 5.41) is 9.61. The second-order valence-electron chi connectivity index (χ2n) is 2.76. The number of esters is 1. The van der Waals surface area contributed by atoms with Gasteiger partial charge in [0.2, 0.25) is 0 Å². The summed E-state index contributed by atoms with van der Waals surface area (Å²) >= 11 is 4.52. The molecule has 0 atom stereocenters. The number of hydrogen-bond acceptors (Lipinski definition) is 4. The maximum absolute atomic E-state index is 11.2. The monoisotopic (exact) mass is 278 g/mol. The Morgan fingerprint density at radius 3 is 2.79 bits per heavy atom. The molecule has 0 aliphatic heterocycles. The van der Waals surface area contributed by atoms with Crippen LogP contribution in [-0.2, 0) is 11.2 Å². The van der Waals surface area contributed by atoms with E-state index in [1.807, 2.05) is 6.92 Å². The number of ether oxygens (including phenoxy) is 1. The first kappa shape index (κ1) is 11.5. The van der Waals surface area contributed by atoms with E-state index in [-0.39, 0.29) is 10.6 Å². The van der Waals surface area contributed by atoms with Crippen molar-refractivity contribution in [2.24, 2.45) is 0 Å². The van der Waals surface area contributed by atoms with Crippen LogP contribution in [0, 0.1) is 0 Å². The SMILES string of the molecule is CCCc1sc(C(=O)OC)c(O)c1Br. The molecule has 1 N–H and O–H groups in total. The highest BCUT2D eigenvalue weighted by atomic mass is 79.9. The molecule has 0 fully saturated rings. The van der Waals surface area contributed by atoms with Crippen molar-refractivity contribution in [1.29, 1.82) is 0 Å². The first-order chi connectivity index (χ1) is 6.61. The van der Waals surface area contributed by atoms with E-state index in [1.165, 1.54) is 18.4 Å². The average Bonchev–Trinajstić information content (AvgIpc) is 2.46. The number of hydrogen-bond donors (Lipinski definition) is 1. The second kappa shape index (κ2) is 4.79. The molecule has 1 heterocycles. The van der Waals surface area contributed by atoms with Crippen LogP contribution in [0.3, 0.4) is 0 Å². The van der Waals surface area contributed by atoms with Crippen LogP contribution >= 0.6 is 27.3 Å². The van der Waals surface area contributed by atoms with E-state index in [9.17, 15) is 9.90 Å². The molecule has 1 aromatic heterocycles. The lowest BCUT2D eigenvalue weighted by atomic mass is 10.3. The molecule has 0 amide bonds. The Morgan fingerprint density at radius 2 is 2.29 bits per heavy atom. The third-order valence-electron chi connectivity index (χ3n) is 1.74. The van der Waals surface area contributed by atoms with Crippen molar-refractivity contribution in [2.45, 2.75) is 19.8 Å². The number of thiophene rings is 1. The highest BCUT2D eigenvalue weighted by Crippen LogP contribution is 2.39. The summed E-state index contributed by atoms with van der Waals surface area (Å²) in [6.45, 7) is 2.04. The Hall–Kier alpha value is -0.550. The zero-order valence-electron chi connectivity index (χ0n) is 7.96. The number of rotatable bonds is 3. The quantitative estimate of drug-likeness (QED) is 0.865. The third-order valence-corrected chi connectivity index (χ3v) is 4.08. The van der Waals surface area contributed by atoms with Crippen molar-refractivity contribution < 1.29 is 14.6 Å². The number of aryl methyl sites for hydroxylation is 1. The lowest BCUT2D eigenvalue weighted by Gasteiger charge is -1.94. The van der Waals surface area contributed by atoms with Crippen molar-refractivity contribution in [1.82, 2.24) is 0 Å². The number of aromatic hydroxyl groups is 1. The molecule has 0 radical (unpaired) electrons. The minimum absolute atomic E-state index is 0.00898. The van der Waals surface area contributed by atoms with Gasteiger partial charge in [0.25, 0.3) is 0 Å². The summed E-state index contributed by atoms with van der Waals surface area (Å²) in [5.41, 5.74) is 0. The second-order valence-corrected chi connectivity index (χ2v) is 4.66. The molecule has 0 aliphatic carbocycles. The van der Waals surface area contributed by atoms with E-state index >= 15 is 0 Å². The molecule has 1 aromatic rings. The maximum Gasteiger partial charge on any atom is 0.351 e. The van der Waals surface area contributed by atoms with Crippen molar-refractivity contribution in [3.8, 4) is 5.75 Å². The topological polar surface area (TPSA) is 46.5 Å². The Labute approximate surface area is 94.8 Å². The predicted molar refractivity (Wildman–Crippen MR) is 59.0 cm³/mol. The fourth-order valence-electron chi connectivity index (χ4n) is 1.07. The van der Waals surface area contributed by atoms with Gasteiger partial charge in [0, 0.05) is 4.88 Å². The zero-order valence-corrected chi connectivity index (χ0v) is 10.4. The van der Waals surface area contributed by atoms with E-state index in [2.05, 4.69) is 20.7 Å². The maximum atomic E-state index is 11.2. The summed E-state index contributed by atoms with van der Waals surface area (Å²) in [5.74, 6) is -0.499. The standard InChI is InChI=1S/C9H11BrO3S/c1-3-4-5-6(10)7(11)8(14-5)9(12)13-2/h11H,3-4H2,1-2H3. The fourth-order valence-corrected chi connectivity index (χ4v) is 2.94. The van der Waals surface area contributed by atoms with Gasteiger partial charge in [-0.2, -0.15) is 0 Å². The van der Waals surface area contributed by atoms with Gasteiger partial charge in [0.05, 0.1) is 11.6 Å². The summed E-state index contributed by atoms with van der Waals surface area (Å²) in [6.07, 6.45) is 1.81. The van der Waals surface area contributed by atoms with Crippen LogP contribution in [-0.4, -0.2) is 18.2 Å². The molecule has 0 saturated heterocycles. The van der Waals surface area contributed by atoms with Gasteiger partial charge in [-0.15, -0.1) is 11.3 Å². The zero-order chi connectivity index (χ0) is 10.7. The molecule has 0 spiro atoms. The number of carbonyl (C=O) groups is 1. The van der Waals surface area contributed by atoms with Crippen molar-refractivity contribution in [3.63, 3.8) is 0 Å². The molecule has 1 rings (SSSR count). The number of carbonyl (C=O) groups excluding carboxylic acids is 1. The molecule has 14 heavy (non-hydrogen) atoms. The van der Waals surface area contributed by atoms with Gasteiger partial charge in [0.15, 0.2) is 10.6 Å². The molecule has 0 unspecified atom stereocenters. The molecule has 78 valence electrons. The normalized spacial score (nSPS) is 10.2. The number of halogens is 1. The highest BCUT2D eigenvalue weighted by Gasteiger charge is 2.20. The predicted octanol–water partition coefficient (Wildman–Crippen LogP) is 2.96. The summed E-state index contributed by atoms with van der Waals surface area (Å²) in [4.78, 5) is 12.5. The van der Waals surface area contributed by atoms with Crippen LogP contribution < -0.4 is 0 Å². The molecule has 0 saturated carbocycles. The molecular formula is C9H11BrO3S. The molecule has 0 aliphatic rings. The summed E-state index contributed by atoms with van der Waals surface area (Å²) in [6, 6.07) is 0. The molecule has 5 heteroatoms. The van der Waals surface area contributed by atoms with Crippen LogP contribution in [0.2, 0.25) is 0 Å². The van der Waals surface area contributed by atoms with Gasteiger partial charge in [-0.3, -0.25) is 0 Å². The van der Waals surface area contributed by atoms with Crippen molar-refractivity contribution in [2.75, 3.05) is 7.11 Å². The lowest BCUT2D eigenvalue weighted by molar-refractivity contribution is 0.0603. The van der Waals surface area contributed by atoms with Crippen molar-refractivity contribution in [3.05, 3.63) is 14.2 Å². The van der Waals surface area contributed by atoms with Crippen LogP contribution in [0.5, 0.6) is 5.75 Å². The highest BCUT2D eigenvalue weighted by molar-refractivity contribution is 9.10. The summed E-state index contributed by atoms with van der Waals surface area (Å²) < 4.78 is 5.17. The molecule has 0 aromatic carbocycles. The number of methoxy groups -OCH3 is 1. The van der Waals surface area contributed by atoms with Crippen LogP contribution in [0.25, 0.3) is 0 Å². The first-order valence-corrected chi connectivity index (χ1v) is 5.81. The Bertz CT molecular complexity index is 346. The Balaban J connectivity index is 3.08. The lowest BCUT2D eigenvalue weighted by Crippen LogP contribution is -1.97. The van der Waals surface area contributed by atoms with E-state index < -0.39 is 5.97 Å². The average molecular weight is 279 g/mol. The first-order valence-electron chi connectivity index (χ1n) is 4.20.